The molecule has 3 rings (SSSR count). The maximum Gasteiger partial charge on any atom is 0.236 e. The summed E-state index contributed by atoms with van der Waals surface area (Å²) < 4.78 is 0. The van der Waals surface area contributed by atoms with Gasteiger partial charge in [-0.15, -0.1) is 0 Å². The van der Waals surface area contributed by atoms with Crippen LogP contribution in [0.15, 0.2) is 36.5 Å². The summed E-state index contributed by atoms with van der Waals surface area (Å²) in [6, 6.07) is 8.33. The number of hydrogen-bond acceptors (Lipinski definition) is 2. The number of rotatable bonds is 3. The Labute approximate surface area is 118 Å². The maximum atomic E-state index is 11.8. The smallest absolute Gasteiger partial charge is 0.236 e. The molecular weight excluding hydrogens is 250 g/mol. The van der Waals surface area contributed by atoms with Crippen molar-refractivity contribution in [3.05, 3.63) is 42.1 Å². The maximum absolute atomic E-state index is 11.8. The largest absolute Gasteiger partial charge is 0.361 e. The van der Waals surface area contributed by atoms with E-state index >= 15 is 0 Å². The molecule has 1 amide bonds. The van der Waals surface area contributed by atoms with Crippen LogP contribution in [0.1, 0.15) is 12.0 Å². The van der Waals surface area contributed by atoms with Gasteiger partial charge in [0.05, 0.1) is 6.54 Å². The zero-order valence-corrected chi connectivity index (χ0v) is 11.6. The molecule has 1 aromatic heterocycles. The number of aromatic nitrogens is 1. The van der Waals surface area contributed by atoms with Crippen LogP contribution in [0.2, 0.25) is 0 Å². The van der Waals surface area contributed by atoms with Gasteiger partial charge in [0.1, 0.15) is 0 Å². The third-order valence-electron chi connectivity index (χ3n) is 3.83. The van der Waals surface area contributed by atoms with E-state index in [2.05, 4.69) is 40.8 Å². The molecular formula is C16H19N3O. The van der Waals surface area contributed by atoms with Crippen molar-refractivity contribution in [1.82, 2.24) is 15.2 Å². The van der Waals surface area contributed by atoms with E-state index in [0.29, 0.717) is 13.1 Å². The van der Waals surface area contributed by atoms with Gasteiger partial charge in [-0.3, -0.25) is 4.79 Å². The summed E-state index contributed by atoms with van der Waals surface area (Å²) in [6.07, 6.45) is 5.16. The first-order valence-electron chi connectivity index (χ1n) is 6.97. The highest BCUT2D eigenvalue weighted by Crippen LogP contribution is 2.28. The Hall–Kier alpha value is -2.07. The number of aromatic amines is 1. The first-order valence-corrected chi connectivity index (χ1v) is 6.97. The Morgan fingerprint density at radius 3 is 3.00 bits per heavy atom. The molecule has 20 heavy (non-hydrogen) atoms. The first kappa shape index (κ1) is 12.9. The lowest BCUT2D eigenvalue weighted by Gasteiger charge is -2.26. The first-order chi connectivity index (χ1) is 9.79. The van der Waals surface area contributed by atoms with Gasteiger partial charge in [0.2, 0.25) is 5.91 Å². The van der Waals surface area contributed by atoms with Gasteiger partial charge in [-0.2, -0.15) is 0 Å². The minimum Gasteiger partial charge on any atom is -0.361 e. The number of amides is 1. The molecule has 2 aromatic rings. The highest BCUT2D eigenvalue weighted by atomic mass is 16.2. The molecule has 104 valence electrons. The molecule has 1 aliphatic heterocycles. The van der Waals surface area contributed by atoms with Crippen molar-refractivity contribution in [2.45, 2.75) is 6.42 Å². The summed E-state index contributed by atoms with van der Waals surface area (Å²) in [7, 11) is 1.80. The minimum atomic E-state index is 0.168. The van der Waals surface area contributed by atoms with E-state index in [0.717, 1.165) is 18.5 Å². The number of carbonyl (C=O) groups is 1. The lowest BCUT2D eigenvalue weighted by Crippen LogP contribution is -2.39. The molecule has 0 radical (unpaired) electrons. The van der Waals surface area contributed by atoms with Crippen molar-refractivity contribution >= 4 is 22.4 Å². The van der Waals surface area contributed by atoms with Gasteiger partial charge in [-0.05, 0) is 25.1 Å². The number of H-pyrrole nitrogens is 1. The summed E-state index contributed by atoms with van der Waals surface area (Å²) >= 11 is 0. The lowest BCUT2D eigenvalue weighted by molar-refractivity contribution is -0.129. The summed E-state index contributed by atoms with van der Waals surface area (Å²) in [6.45, 7) is 1.91. The highest BCUT2D eigenvalue weighted by molar-refractivity contribution is 5.93. The Balaban J connectivity index is 1.81. The standard InChI is InChI=1S/C16H19N3O/c1-17-11-16(20)19-8-6-12(7-9-19)14-10-18-15-5-3-2-4-13(14)15/h2-6,10,17-18H,7-9,11H2,1H3. The van der Waals surface area contributed by atoms with E-state index in [1.54, 1.807) is 7.05 Å². The molecule has 0 saturated carbocycles. The molecule has 0 bridgehead atoms. The minimum absolute atomic E-state index is 0.168. The number of hydrogen-bond donors (Lipinski definition) is 2. The fraction of sp³-hybridized carbons (Fsp3) is 0.312. The van der Waals surface area contributed by atoms with Crippen LogP contribution in [0, 0.1) is 0 Å². The van der Waals surface area contributed by atoms with Crippen LogP contribution in [-0.2, 0) is 4.79 Å². The van der Waals surface area contributed by atoms with Crippen LogP contribution in [0.25, 0.3) is 16.5 Å². The topological polar surface area (TPSA) is 48.1 Å². The van der Waals surface area contributed by atoms with Crippen LogP contribution >= 0.6 is 0 Å². The van der Waals surface area contributed by atoms with Gasteiger partial charge in [0, 0.05) is 35.8 Å². The fourth-order valence-electron chi connectivity index (χ4n) is 2.74. The van der Waals surface area contributed by atoms with Gasteiger partial charge >= 0.3 is 0 Å². The summed E-state index contributed by atoms with van der Waals surface area (Å²) in [4.78, 5) is 17.0. The summed E-state index contributed by atoms with van der Waals surface area (Å²) in [5.74, 6) is 0.168. The Morgan fingerprint density at radius 1 is 1.40 bits per heavy atom. The highest BCUT2D eigenvalue weighted by Gasteiger charge is 2.18. The third kappa shape index (κ3) is 2.34. The molecule has 1 aliphatic rings. The Kier molecular flexibility index (Phi) is 3.56. The van der Waals surface area contributed by atoms with Crippen molar-refractivity contribution in [2.75, 3.05) is 26.7 Å². The molecule has 0 spiro atoms. The molecule has 2 N–H and O–H groups in total. The molecule has 0 fully saturated rings. The second kappa shape index (κ2) is 5.51. The number of fused-ring (bicyclic) bond motifs is 1. The number of nitrogens with one attached hydrogen (secondary N) is 2. The average molecular weight is 269 g/mol. The zero-order chi connectivity index (χ0) is 13.9. The molecule has 0 aliphatic carbocycles. The van der Waals surface area contributed by atoms with Crippen molar-refractivity contribution < 1.29 is 4.79 Å². The van der Waals surface area contributed by atoms with Gasteiger partial charge in [-0.25, -0.2) is 0 Å². The van der Waals surface area contributed by atoms with Gasteiger partial charge in [0.25, 0.3) is 0 Å². The van der Waals surface area contributed by atoms with Crippen LogP contribution < -0.4 is 5.32 Å². The fourth-order valence-corrected chi connectivity index (χ4v) is 2.74. The van der Waals surface area contributed by atoms with E-state index in [1.165, 1.54) is 16.5 Å². The van der Waals surface area contributed by atoms with Gasteiger partial charge in [0.15, 0.2) is 0 Å². The van der Waals surface area contributed by atoms with Crippen molar-refractivity contribution in [2.24, 2.45) is 0 Å². The zero-order valence-electron chi connectivity index (χ0n) is 11.6. The van der Waals surface area contributed by atoms with E-state index in [1.807, 2.05) is 11.0 Å². The number of para-hydroxylation sites is 1. The Bertz CT molecular complexity index is 657. The molecule has 0 saturated heterocycles. The van der Waals surface area contributed by atoms with Crippen molar-refractivity contribution in [3.8, 4) is 0 Å². The summed E-state index contributed by atoms with van der Waals surface area (Å²) in [5.41, 5.74) is 3.76. The van der Waals surface area contributed by atoms with Crippen LogP contribution in [0.5, 0.6) is 0 Å². The quantitative estimate of drug-likeness (QED) is 0.895. The van der Waals surface area contributed by atoms with E-state index in [4.69, 9.17) is 0 Å². The van der Waals surface area contributed by atoms with Gasteiger partial charge < -0.3 is 15.2 Å². The van der Waals surface area contributed by atoms with E-state index in [9.17, 15) is 4.79 Å². The van der Waals surface area contributed by atoms with E-state index < -0.39 is 0 Å². The summed E-state index contributed by atoms with van der Waals surface area (Å²) in [5, 5.41) is 4.17. The predicted octanol–water partition coefficient (Wildman–Crippen LogP) is 2.00. The molecule has 2 heterocycles. The number of likely N-dealkylation sites (N-methyl/N-ethyl adjacent to an activating group) is 1. The number of carbonyl (C=O) groups excluding carboxylic acids is 1. The second-order valence-corrected chi connectivity index (χ2v) is 5.10. The number of benzene rings is 1. The Morgan fingerprint density at radius 2 is 2.25 bits per heavy atom. The molecule has 4 nitrogen and oxygen atoms in total. The molecule has 1 aromatic carbocycles. The number of nitrogens with zero attached hydrogens (tertiary/aromatic N) is 1. The van der Waals surface area contributed by atoms with Crippen LogP contribution in [-0.4, -0.2) is 42.5 Å². The SMILES string of the molecule is CNCC(=O)N1CC=C(c2c[nH]c3ccccc23)CC1. The monoisotopic (exact) mass is 269 g/mol. The van der Waals surface area contributed by atoms with Crippen LogP contribution in [0.3, 0.4) is 0 Å². The third-order valence-corrected chi connectivity index (χ3v) is 3.83. The average Bonchev–Trinajstić information content (AvgIpc) is 2.92. The predicted molar refractivity (Wildman–Crippen MR) is 81.4 cm³/mol. The van der Waals surface area contributed by atoms with E-state index in [-0.39, 0.29) is 5.91 Å². The van der Waals surface area contributed by atoms with Crippen molar-refractivity contribution in [1.29, 1.82) is 0 Å². The molecule has 0 unspecified atom stereocenters. The lowest BCUT2D eigenvalue weighted by atomic mass is 9.99. The van der Waals surface area contributed by atoms with Gasteiger partial charge in [-0.1, -0.05) is 24.3 Å². The van der Waals surface area contributed by atoms with Crippen LogP contribution in [0.4, 0.5) is 0 Å². The normalized spacial score (nSPS) is 15.4. The molecule has 4 heteroatoms. The molecule has 0 atom stereocenters. The second-order valence-electron chi connectivity index (χ2n) is 5.10. The van der Waals surface area contributed by atoms with Crippen molar-refractivity contribution in [3.63, 3.8) is 0 Å².